The van der Waals surface area contributed by atoms with Gasteiger partial charge in [0.25, 0.3) is 5.56 Å². The molecule has 3 aromatic rings. The minimum absolute atomic E-state index is 0.369. The van der Waals surface area contributed by atoms with Gasteiger partial charge in [-0.15, -0.1) is 0 Å². The highest BCUT2D eigenvalue weighted by Crippen LogP contribution is 2.24. The fraction of sp³-hybridized carbons (Fsp3) is 0.105. The van der Waals surface area contributed by atoms with Gasteiger partial charge >= 0.3 is 5.97 Å². The number of aromatic hydroxyl groups is 1. The number of carbonyl (C=O) groups is 2. The zero-order chi connectivity index (χ0) is 18.7. The molecule has 0 aliphatic carbocycles. The van der Waals surface area contributed by atoms with Crippen molar-refractivity contribution in [2.24, 2.45) is 0 Å². The number of carboxylic acid groups (broad SMARTS) is 1. The van der Waals surface area contributed by atoms with Gasteiger partial charge in [-0.05, 0) is 24.3 Å². The summed E-state index contributed by atoms with van der Waals surface area (Å²) in [6.07, 6.45) is -0.786. The Morgan fingerprint density at radius 1 is 0.808 bits per heavy atom. The van der Waals surface area contributed by atoms with Gasteiger partial charge in [0.05, 0.1) is 17.8 Å². The van der Waals surface area contributed by atoms with Crippen LogP contribution < -0.4 is 5.56 Å². The van der Waals surface area contributed by atoms with Crippen LogP contribution in [0.15, 0.2) is 65.5 Å². The normalized spacial score (nSPS) is 10.6. The van der Waals surface area contributed by atoms with Crippen LogP contribution in [-0.4, -0.2) is 31.3 Å². The van der Waals surface area contributed by atoms with Gasteiger partial charge in [-0.3, -0.25) is 14.4 Å². The van der Waals surface area contributed by atoms with Crippen molar-refractivity contribution in [2.45, 2.75) is 12.8 Å². The third kappa shape index (κ3) is 3.14. The summed E-state index contributed by atoms with van der Waals surface area (Å²) < 4.78 is 2.43. The number of carbonyl (C=O) groups excluding carboxylic acids is 1. The third-order valence-electron chi connectivity index (χ3n) is 3.88. The molecule has 2 N–H and O–H groups in total. The van der Waals surface area contributed by atoms with Gasteiger partial charge < -0.3 is 10.2 Å². The molecule has 0 aliphatic heterocycles. The van der Waals surface area contributed by atoms with Crippen molar-refractivity contribution in [1.29, 1.82) is 0 Å². The summed E-state index contributed by atoms with van der Waals surface area (Å²) in [6, 6.07) is 17.2. The van der Waals surface area contributed by atoms with Gasteiger partial charge in [-0.2, -0.15) is 0 Å². The summed E-state index contributed by atoms with van der Waals surface area (Å²) in [7, 11) is 0. The number of rotatable bonds is 6. The van der Waals surface area contributed by atoms with Gasteiger partial charge in [0, 0.05) is 6.42 Å². The molecule has 0 aliphatic rings. The van der Waals surface area contributed by atoms with Crippen molar-refractivity contribution in [3.63, 3.8) is 0 Å². The first-order valence-corrected chi connectivity index (χ1v) is 7.93. The SMILES string of the molecule is O=C(O)CCC(=O)c1c(O)n(-c2ccccc2)n(-c2ccccc2)c1=O. The van der Waals surface area contributed by atoms with E-state index < -0.39 is 35.2 Å². The molecule has 0 atom stereocenters. The molecule has 1 aromatic heterocycles. The largest absolute Gasteiger partial charge is 0.493 e. The van der Waals surface area contributed by atoms with E-state index in [-0.39, 0.29) is 6.42 Å². The van der Waals surface area contributed by atoms with Gasteiger partial charge in [-0.25, -0.2) is 9.36 Å². The maximum atomic E-state index is 12.9. The summed E-state index contributed by atoms with van der Waals surface area (Å²) in [4.78, 5) is 36.0. The monoisotopic (exact) mass is 352 g/mol. The highest BCUT2D eigenvalue weighted by molar-refractivity contribution is 5.99. The number of para-hydroxylation sites is 2. The fourth-order valence-electron chi connectivity index (χ4n) is 2.69. The zero-order valence-corrected chi connectivity index (χ0v) is 13.7. The first-order chi connectivity index (χ1) is 12.5. The van der Waals surface area contributed by atoms with Crippen LogP contribution in [0.25, 0.3) is 11.4 Å². The van der Waals surface area contributed by atoms with E-state index in [1.807, 2.05) is 0 Å². The molecule has 0 spiro atoms. The number of hydrogen-bond donors (Lipinski definition) is 2. The topological polar surface area (TPSA) is 102 Å². The van der Waals surface area contributed by atoms with Crippen molar-refractivity contribution in [3.05, 3.63) is 76.6 Å². The lowest BCUT2D eigenvalue weighted by Gasteiger charge is -2.12. The lowest BCUT2D eigenvalue weighted by molar-refractivity contribution is -0.136. The molecule has 7 nitrogen and oxygen atoms in total. The standard InChI is InChI=1S/C19H16N2O5/c22-15(11-12-16(23)24)17-18(25)20(13-7-3-1-4-8-13)21(19(17)26)14-9-5-2-6-10-14/h1-10,25H,11-12H2,(H,23,24). The maximum Gasteiger partial charge on any atom is 0.303 e. The number of ketones is 1. The van der Waals surface area contributed by atoms with Crippen molar-refractivity contribution in [3.8, 4) is 17.3 Å². The zero-order valence-electron chi connectivity index (χ0n) is 13.7. The van der Waals surface area contributed by atoms with Crippen LogP contribution in [0, 0.1) is 0 Å². The molecular formula is C19H16N2O5. The van der Waals surface area contributed by atoms with Crippen LogP contribution >= 0.6 is 0 Å². The highest BCUT2D eigenvalue weighted by Gasteiger charge is 2.26. The van der Waals surface area contributed by atoms with E-state index in [2.05, 4.69) is 0 Å². The Labute approximate surface area is 148 Å². The molecule has 1 heterocycles. The first kappa shape index (κ1) is 17.2. The number of Topliss-reactive ketones (excluding diaryl/α,β-unsaturated/α-hetero) is 1. The number of carboxylic acids is 1. The van der Waals surface area contributed by atoms with Crippen molar-refractivity contribution >= 4 is 11.8 Å². The lowest BCUT2D eigenvalue weighted by Crippen LogP contribution is -2.23. The molecule has 2 aromatic carbocycles. The van der Waals surface area contributed by atoms with Gasteiger partial charge in [-0.1, -0.05) is 36.4 Å². The number of nitrogens with zero attached hydrogens (tertiary/aromatic N) is 2. The molecule has 0 radical (unpaired) electrons. The van der Waals surface area contributed by atoms with Crippen molar-refractivity contribution in [1.82, 2.24) is 9.36 Å². The Morgan fingerprint density at radius 2 is 1.31 bits per heavy atom. The maximum absolute atomic E-state index is 12.9. The minimum atomic E-state index is -1.15. The third-order valence-corrected chi connectivity index (χ3v) is 3.88. The Kier molecular flexibility index (Phi) is 4.70. The second kappa shape index (κ2) is 7.10. The van der Waals surface area contributed by atoms with E-state index in [0.717, 1.165) is 0 Å². The van der Waals surface area contributed by atoms with Crippen molar-refractivity contribution in [2.75, 3.05) is 0 Å². The molecule has 7 heteroatoms. The molecule has 3 rings (SSSR count). The highest BCUT2D eigenvalue weighted by atomic mass is 16.4. The Balaban J connectivity index is 2.23. The summed E-state index contributed by atoms with van der Waals surface area (Å²) in [6.45, 7) is 0. The van der Waals surface area contributed by atoms with E-state index in [0.29, 0.717) is 11.4 Å². The molecule has 0 amide bonds. The number of hydrogen-bond acceptors (Lipinski definition) is 4. The lowest BCUT2D eigenvalue weighted by atomic mass is 10.1. The van der Waals surface area contributed by atoms with Crippen LogP contribution in [0.3, 0.4) is 0 Å². The summed E-state index contributed by atoms with van der Waals surface area (Å²) in [5.74, 6) is -2.38. The molecule has 132 valence electrons. The van der Waals surface area contributed by atoms with Crippen molar-refractivity contribution < 1.29 is 19.8 Å². The van der Waals surface area contributed by atoms with Gasteiger partial charge in [0.1, 0.15) is 5.56 Å². The molecule has 0 saturated carbocycles. The molecule has 26 heavy (non-hydrogen) atoms. The van der Waals surface area contributed by atoms with E-state index in [1.165, 1.54) is 9.36 Å². The second-order valence-corrected chi connectivity index (χ2v) is 5.62. The van der Waals surface area contributed by atoms with Crippen LogP contribution in [0.5, 0.6) is 5.88 Å². The predicted octanol–water partition coefficient (Wildman–Crippen LogP) is 2.38. The molecular weight excluding hydrogens is 336 g/mol. The summed E-state index contributed by atoms with van der Waals surface area (Å²) in [5, 5.41) is 19.4. The van der Waals surface area contributed by atoms with E-state index in [1.54, 1.807) is 60.7 Å². The number of aromatic nitrogens is 2. The smallest absolute Gasteiger partial charge is 0.303 e. The second-order valence-electron chi connectivity index (χ2n) is 5.62. The molecule has 0 fully saturated rings. The van der Waals surface area contributed by atoms with Crippen LogP contribution in [0.4, 0.5) is 0 Å². The van der Waals surface area contributed by atoms with Crippen LogP contribution in [-0.2, 0) is 4.79 Å². The summed E-state index contributed by atoms with van der Waals surface area (Å²) in [5.41, 5.74) is -0.163. The van der Waals surface area contributed by atoms with E-state index in [9.17, 15) is 19.5 Å². The van der Waals surface area contributed by atoms with Crippen LogP contribution in [0.1, 0.15) is 23.2 Å². The average Bonchev–Trinajstić information content (AvgIpc) is 2.91. The quantitative estimate of drug-likeness (QED) is 0.663. The minimum Gasteiger partial charge on any atom is -0.493 e. The first-order valence-electron chi connectivity index (χ1n) is 7.93. The Morgan fingerprint density at radius 3 is 1.81 bits per heavy atom. The Hall–Kier alpha value is -3.61. The van der Waals surface area contributed by atoms with Gasteiger partial charge in [0.2, 0.25) is 5.88 Å². The Bertz CT molecular complexity index is 1000. The molecule has 0 unspecified atom stereocenters. The van der Waals surface area contributed by atoms with Gasteiger partial charge in [0.15, 0.2) is 5.78 Å². The average molecular weight is 352 g/mol. The van der Waals surface area contributed by atoms with E-state index in [4.69, 9.17) is 5.11 Å². The van der Waals surface area contributed by atoms with E-state index >= 15 is 0 Å². The predicted molar refractivity (Wildman–Crippen MR) is 94.2 cm³/mol. The number of benzene rings is 2. The molecule has 0 saturated heterocycles. The fourth-order valence-corrected chi connectivity index (χ4v) is 2.69. The van der Waals surface area contributed by atoms with Crippen LogP contribution in [0.2, 0.25) is 0 Å². The summed E-state index contributed by atoms with van der Waals surface area (Å²) >= 11 is 0. The molecule has 0 bridgehead atoms. The number of aliphatic carboxylic acids is 1.